The number of rotatable bonds is 9. The molecule has 17 heteroatoms. The molecule has 0 unspecified atom stereocenters. The third-order valence-electron chi connectivity index (χ3n) is 12.4. The average molecular weight is 833 g/mol. The fourth-order valence-electron chi connectivity index (χ4n) is 8.63. The van der Waals surface area contributed by atoms with Gasteiger partial charge in [0.25, 0.3) is 5.91 Å². The Labute approximate surface area is 340 Å². The monoisotopic (exact) mass is 832 g/mol. The topological polar surface area (TPSA) is 186 Å². The third-order valence-corrected chi connectivity index (χ3v) is 15.1. The van der Waals surface area contributed by atoms with E-state index in [2.05, 4.69) is 15.4 Å². The number of fused-ring (bicyclic) bond motifs is 3. The zero-order valence-corrected chi connectivity index (χ0v) is 34.2. The number of nitrogens with zero attached hydrogens (tertiary/aromatic N) is 4. The van der Waals surface area contributed by atoms with Gasteiger partial charge in [0.1, 0.15) is 52.5 Å². The van der Waals surface area contributed by atoms with E-state index in [9.17, 15) is 27.6 Å². The zero-order chi connectivity index (χ0) is 40.3. The molecule has 3 aliphatic heterocycles. The summed E-state index contributed by atoms with van der Waals surface area (Å²) in [5.41, 5.74) is 1.68. The number of amides is 4. The first-order valence-electron chi connectivity index (χ1n) is 20.3. The molecule has 4 amide bonds. The van der Waals surface area contributed by atoms with Gasteiger partial charge in [-0.3, -0.25) is 24.0 Å². The Morgan fingerprint density at radius 1 is 1.03 bits per heavy atom. The van der Waals surface area contributed by atoms with E-state index in [1.807, 2.05) is 37.3 Å². The van der Waals surface area contributed by atoms with Crippen LogP contribution in [-0.4, -0.2) is 108 Å². The SMILES string of the molecule is COc1ccc2c(O[C@@H]3C[C@H]4C(=O)N[C@]5(C(=O)NS(=O)(=O)C6CC6)C[C@H]5/C=C\CCCCC[C@H](N5CCOC5=O)C(=O)N4C3)cc(-c3nc(C4CC4)cs3)nc2c1C. The molecule has 6 aliphatic rings. The Kier molecular flexibility index (Phi) is 10.1. The van der Waals surface area contributed by atoms with Crippen LogP contribution in [0.4, 0.5) is 4.79 Å². The molecule has 2 aromatic heterocycles. The average Bonchev–Trinajstić information content (AvgIpc) is 4.17. The number of hydrogen-bond acceptors (Lipinski definition) is 12. The van der Waals surface area contributed by atoms with Crippen molar-refractivity contribution in [3.8, 4) is 22.2 Å². The highest BCUT2D eigenvalue weighted by atomic mass is 32.2. The molecule has 15 nitrogen and oxygen atoms in total. The first kappa shape index (κ1) is 38.7. The molecule has 2 saturated heterocycles. The van der Waals surface area contributed by atoms with Gasteiger partial charge in [-0.15, -0.1) is 11.3 Å². The van der Waals surface area contributed by atoms with E-state index in [0.717, 1.165) is 47.3 Å². The van der Waals surface area contributed by atoms with Gasteiger partial charge >= 0.3 is 6.09 Å². The number of thiazole rings is 1. The first-order valence-corrected chi connectivity index (χ1v) is 22.8. The summed E-state index contributed by atoms with van der Waals surface area (Å²) in [5.74, 6) is -0.563. The van der Waals surface area contributed by atoms with Crippen LogP contribution in [0.15, 0.2) is 35.7 Å². The van der Waals surface area contributed by atoms with Gasteiger partial charge in [-0.05, 0) is 70.4 Å². The molecular weight excluding hydrogens is 785 g/mol. The summed E-state index contributed by atoms with van der Waals surface area (Å²) in [4.78, 5) is 69.0. The normalized spacial score (nSPS) is 28.5. The van der Waals surface area contributed by atoms with Crippen LogP contribution in [-0.2, 0) is 29.1 Å². The molecule has 2 N–H and O–H groups in total. The Hall–Kier alpha value is -4.77. The number of hydrogen-bond donors (Lipinski definition) is 2. The molecule has 0 radical (unpaired) electrons. The summed E-state index contributed by atoms with van der Waals surface area (Å²) >= 11 is 1.52. The molecule has 3 saturated carbocycles. The number of carbonyl (C=O) groups excluding carboxylic acids is 4. The Morgan fingerprint density at radius 3 is 2.60 bits per heavy atom. The van der Waals surface area contributed by atoms with Crippen molar-refractivity contribution in [3.05, 3.63) is 47.0 Å². The van der Waals surface area contributed by atoms with Gasteiger partial charge in [-0.2, -0.15) is 0 Å². The van der Waals surface area contributed by atoms with Crippen molar-refractivity contribution < 1.29 is 41.8 Å². The zero-order valence-electron chi connectivity index (χ0n) is 32.6. The molecule has 0 spiro atoms. The Morgan fingerprint density at radius 2 is 1.86 bits per heavy atom. The van der Waals surface area contributed by atoms with Gasteiger partial charge in [-0.1, -0.05) is 25.0 Å². The van der Waals surface area contributed by atoms with Crippen LogP contribution < -0.4 is 19.5 Å². The molecule has 3 aliphatic carbocycles. The van der Waals surface area contributed by atoms with Crippen LogP contribution in [0.1, 0.15) is 87.8 Å². The summed E-state index contributed by atoms with van der Waals surface area (Å²) in [5, 5.41) is 5.86. The van der Waals surface area contributed by atoms with E-state index in [0.29, 0.717) is 60.7 Å². The Balaban J connectivity index is 1.06. The van der Waals surface area contributed by atoms with E-state index >= 15 is 0 Å². The second-order valence-electron chi connectivity index (χ2n) is 16.5. The van der Waals surface area contributed by atoms with Crippen molar-refractivity contribution in [3.63, 3.8) is 0 Å². The summed E-state index contributed by atoms with van der Waals surface area (Å²) < 4.78 is 45.8. The standard InChI is InChI=1S/C41H48N6O9S2/c1-23-33(54-2)15-14-28-34(19-29(42-35(23)28)37-43-30(22-57-37)24-10-11-24)56-26-18-32-36(48)44-41(39(50)45-58(52,53)27-12-13-27)20-25(41)8-6-4-3-5-7-9-31(38(49)47(32)21-26)46-16-17-55-40(46)51/h6,8,14-15,19,22,24-27,31-32H,3-5,7,9-13,16-18,20-21H2,1-2H3,(H,44,48)(H,45,50)/b8-6-/t25-,26-,31+,32+,41-/m1/s1. The van der Waals surface area contributed by atoms with Crippen LogP contribution >= 0.6 is 11.3 Å². The highest BCUT2D eigenvalue weighted by molar-refractivity contribution is 7.91. The van der Waals surface area contributed by atoms with Crippen molar-refractivity contribution in [2.75, 3.05) is 26.8 Å². The molecule has 9 rings (SSSR count). The van der Waals surface area contributed by atoms with Gasteiger partial charge in [0.15, 0.2) is 0 Å². The van der Waals surface area contributed by atoms with Gasteiger partial charge in [0.2, 0.25) is 21.8 Å². The number of nitrogens with one attached hydrogen (secondary N) is 2. The minimum Gasteiger partial charge on any atom is -0.496 e. The number of aromatic nitrogens is 2. The fraction of sp³-hybridized carbons (Fsp3) is 0.561. The number of methoxy groups -OCH3 is 1. The molecule has 5 heterocycles. The minimum atomic E-state index is -3.90. The lowest BCUT2D eigenvalue weighted by Crippen LogP contribution is -2.58. The van der Waals surface area contributed by atoms with Crippen LogP contribution in [0, 0.1) is 12.8 Å². The van der Waals surface area contributed by atoms with Gasteiger partial charge in [-0.25, -0.2) is 23.2 Å². The molecule has 0 bridgehead atoms. The van der Waals surface area contributed by atoms with Gasteiger partial charge < -0.3 is 24.4 Å². The summed E-state index contributed by atoms with van der Waals surface area (Å²) in [6.45, 7) is 2.36. The van der Waals surface area contributed by atoms with Crippen molar-refractivity contribution in [2.45, 2.75) is 112 Å². The summed E-state index contributed by atoms with van der Waals surface area (Å²) in [6.07, 6.45) is 9.45. The molecule has 1 aromatic carbocycles. The number of aryl methyl sites for hydroxylation is 1. The van der Waals surface area contributed by atoms with E-state index in [1.54, 1.807) is 7.11 Å². The number of allylic oxidation sites excluding steroid dienone is 1. The molecule has 5 atom stereocenters. The highest BCUT2D eigenvalue weighted by Crippen LogP contribution is 2.47. The highest BCUT2D eigenvalue weighted by Gasteiger charge is 2.62. The van der Waals surface area contributed by atoms with Crippen molar-refractivity contribution in [1.82, 2.24) is 29.8 Å². The van der Waals surface area contributed by atoms with Crippen LogP contribution in [0.3, 0.4) is 0 Å². The quantitative estimate of drug-likeness (QED) is 0.284. The van der Waals surface area contributed by atoms with Gasteiger partial charge in [0.05, 0.1) is 36.7 Å². The number of sulfonamides is 1. The van der Waals surface area contributed by atoms with Crippen molar-refractivity contribution in [2.24, 2.45) is 5.92 Å². The Bertz CT molecular complexity index is 2310. The van der Waals surface area contributed by atoms with Crippen molar-refractivity contribution >= 4 is 56.1 Å². The number of benzene rings is 1. The maximum Gasteiger partial charge on any atom is 0.410 e. The van der Waals surface area contributed by atoms with Crippen molar-refractivity contribution in [1.29, 1.82) is 0 Å². The summed E-state index contributed by atoms with van der Waals surface area (Å²) in [7, 11) is -2.29. The lowest BCUT2D eigenvalue weighted by atomic mass is 10.0. The predicted octanol–water partition coefficient (Wildman–Crippen LogP) is 4.73. The second kappa shape index (κ2) is 15.1. The van der Waals surface area contributed by atoms with E-state index in [1.165, 1.54) is 21.1 Å². The molecular formula is C41H48N6O9S2. The summed E-state index contributed by atoms with van der Waals surface area (Å²) in [6, 6.07) is 3.63. The number of carbonyl (C=O) groups is 4. The number of cyclic esters (lactones) is 1. The van der Waals surface area contributed by atoms with E-state index in [-0.39, 0.29) is 32.5 Å². The maximum atomic E-state index is 14.8. The maximum absolute atomic E-state index is 14.8. The van der Waals surface area contributed by atoms with E-state index < -0.39 is 68.7 Å². The number of ether oxygens (including phenoxy) is 3. The first-order chi connectivity index (χ1) is 28.0. The van der Waals surface area contributed by atoms with Crippen LogP contribution in [0.2, 0.25) is 0 Å². The smallest absolute Gasteiger partial charge is 0.410 e. The lowest BCUT2D eigenvalue weighted by molar-refractivity contribution is -0.143. The molecule has 308 valence electrons. The second-order valence-corrected chi connectivity index (χ2v) is 19.3. The third kappa shape index (κ3) is 7.39. The fourth-order valence-corrected chi connectivity index (χ4v) is 10.9. The lowest BCUT2D eigenvalue weighted by Gasteiger charge is -2.32. The van der Waals surface area contributed by atoms with Crippen LogP contribution in [0.25, 0.3) is 21.6 Å². The number of pyridine rings is 1. The van der Waals surface area contributed by atoms with Crippen LogP contribution in [0.5, 0.6) is 11.5 Å². The van der Waals surface area contributed by atoms with E-state index in [4.69, 9.17) is 24.2 Å². The predicted molar refractivity (Wildman–Crippen MR) is 214 cm³/mol. The molecule has 58 heavy (non-hydrogen) atoms. The molecule has 3 aromatic rings. The molecule has 5 fully saturated rings. The largest absolute Gasteiger partial charge is 0.496 e. The van der Waals surface area contributed by atoms with Gasteiger partial charge in [0, 0.05) is 40.7 Å². The minimum absolute atomic E-state index is 0.0201.